The van der Waals surface area contributed by atoms with Crippen LogP contribution >= 0.6 is 11.6 Å². The van der Waals surface area contributed by atoms with E-state index in [0.29, 0.717) is 6.04 Å². The first-order chi connectivity index (χ1) is 9.60. The van der Waals surface area contributed by atoms with Crippen LogP contribution in [0.4, 0.5) is 0 Å². The minimum absolute atomic E-state index is 0.407. The number of nitrogens with one attached hydrogen (secondary N) is 1. The van der Waals surface area contributed by atoms with E-state index in [9.17, 15) is 0 Å². The maximum Gasteiger partial charge on any atom is 0.0865 e. The fraction of sp³-hybridized carbons (Fsp3) is 0.533. The number of aromatic nitrogens is 3. The van der Waals surface area contributed by atoms with Crippen molar-refractivity contribution in [1.82, 2.24) is 19.7 Å². The zero-order valence-electron chi connectivity index (χ0n) is 12.7. The smallest absolute Gasteiger partial charge is 0.0865 e. The van der Waals surface area contributed by atoms with Crippen molar-refractivity contribution in [3.05, 3.63) is 40.4 Å². The molecular formula is C15H23ClN4. The van der Waals surface area contributed by atoms with Gasteiger partial charge in [-0.15, -0.1) is 0 Å². The molecule has 0 saturated carbocycles. The quantitative estimate of drug-likeness (QED) is 0.886. The molecule has 2 aromatic heterocycles. The van der Waals surface area contributed by atoms with Crippen LogP contribution in [0.25, 0.3) is 0 Å². The molecule has 0 fully saturated rings. The van der Waals surface area contributed by atoms with E-state index in [4.69, 9.17) is 11.6 Å². The minimum atomic E-state index is 0.407. The minimum Gasteiger partial charge on any atom is -0.348 e. The number of nitrogens with zero attached hydrogens (tertiary/aromatic N) is 3. The number of halogens is 1. The predicted octanol–water partition coefficient (Wildman–Crippen LogP) is 3.39. The first kappa shape index (κ1) is 15.1. The van der Waals surface area contributed by atoms with Gasteiger partial charge in [0.15, 0.2) is 0 Å². The van der Waals surface area contributed by atoms with E-state index in [1.165, 1.54) is 5.56 Å². The van der Waals surface area contributed by atoms with Gasteiger partial charge in [-0.3, -0.25) is 4.68 Å². The van der Waals surface area contributed by atoms with Crippen LogP contribution in [0.3, 0.4) is 0 Å². The lowest BCUT2D eigenvalue weighted by atomic mass is 10.1. The second-order valence-corrected chi connectivity index (χ2v) is 5.41. The monoisotopic (exact) mass is 294 g/mol. The zero-order chi connectivity index (χ0) is 14.7. The first-order valence-corrected chi connectivity index (χ1v) is 7.53. The van der Waals surface area contributed by atoms with Crippen molar-refractivity contribution in [2.75, 3.05) is 7.05 Å². The summed E-state index contributed by atoms with van der Waals surface area (Å²) in [5.74, 6) is 0. The Morgan fingerprint density at radius 1 is 1.40 bits per heavy atom. The Morgan fingerprint density at radius 2 is 2.15 bits per heavy atom. The van der Waals surface area contributed by atoms with Gasteiger partial charge in [0.1, 0.15) is 0 Å². The summed E-state index contributed by atoms with van der Waals surface area (Å²) < 4.78 is 4.15. The average molecular weight is 295 g/mol. The highest BCUT2D eigenvalue weighted by molar-refractivity contribution is 6.31. The summed E-state index contributed by atoms with van der Waals surface area (Å²) in [5.41, 5.74) is 3.29. The van der Waals surface area contributed by atoms with Gasteiger partial charge in [0, 0.05) is 25.0 Å². The highest BCUT2D eigenvalue weighted by Gasteiger charge is 2.14. The Morgan fingerprint density at radius 3 is 2.75 bits per heavy atom. The fourth-order valence-corrected chi connectivity index (χ4v) is 2.76. The Bertz CT molecular complexity index is 566. The molecule has 4 nitrogen and oxygen atoms in total. The van der Waals surface area contributed by atoms with E-state index >= 15 is 0 Å². The predicted molar refractivity (Wildman–Crippen MR) is 83.3 cm³/mol. The number of hydrogen-bond acceptors (Lipinski definition) is 2. The van der Waals surface area contributed by atoms with Gasteiger partial charge in [-0.2, -0.15) is 5.10 Å². The van der Waals surface area contributed by atoms with E-state index in [1.54, 1.807) is 0 Å². The maximum absolute atomic E-state index is 6.36. The van der Waals surface area contributed by atoms with Crippen molar-refractivity contribution in [3.63, 3.8) is 0 Å². The topological polar surface area (TPSA) is 34.8 Å². The molecule has 1 atom stereocenters. The largest absolute Gasteiger partial charge is 0.348 e. The standard InChI is InChI=1S/C15H23ClN4/c1-5-13(17-4)12-7-8-19(9-12)10-14-15(16)11(3)18-20(14)6-2/h7-9,13,17H,5-6,10H2,1-4H3. The summed E-state index contributed by atoms with van der Waals surface area (Å²) >= 11 is 6.36. The van der Waals surface area contributed by atoms with E-state index in [-0.39, 0.29) is 0 Å². The Hall–Kier alpha value is -1.26. The van der Waals surface area contributed by atoms with Gasteiger partial charge < -0.3 is 9.88 Å². The van der Waals surface area contributed by atoms with E-state index < -0.39 is 0 Å². The lowest BCUT2D eigenvalue weighted by Gasteiger charge is -2.11. The van der Waals surface area contributed by atoms with Crippen LogP contribution in [0, 0.1) is 6.92 Å². The number of rotatable bonds is 6. The highest BCUT2D eigenvalue weighted by Crippen LogP contribution is 2.22. The van der Waals surface area contributed by atoms with E-state index in [0.717, 1.165) is 35.9 Å². The molecular weight excluding hydrogens is 272 g/mol. The van der Waals surface area contributed by atoms with Crippen molar-refractivity contribution in [2.24, 2.45) is 0 Å². The molecule has 0 aliphatic heterocycles. The third-order valence-corrected chi connectivity index (χ3v) is 4.21. The lowest BCUT2D eigenvalue weighted by Crippen LogP contribution is -2.14. The molecule has 2 heterocycles. The summed E-state index contributed by atoms with van der Waals surface area (Å²) in [6.45, 7) is 7.82. The van der Waals surface area contributed by atoms with E-state index in [2.05, 4.69) is 47.3 Å². The molecule has 0 bridgehead atoms. The Kier molecular flexibility index (Phi) is 4.89. The van der Waals surface area contributed by atoms with Crippen LogP contribution in [-0.4, -0.2) is 21.4 Å². The molecule has 1 N–H and O–H groups in total. The molecule has 0 aliphatic carbocycles. The molecule has 0 saturated heterocycles. The number of hydrogen-bond donors (Lipinski definition) is 1. The van der Waals surface area contributed by atoms with Crippen LogP contribution in [0.2, 0.25) is 5.02 Å². The third-order valence-electron chi connectivity index (χ3n) is 3.72. The van der Waals surface area contributed by atoms with Gasteiger partial charge in [-0.05, 0) is 38.9 Å². The third kappa shape index (κ3) is 2.91. The van der Waals surface area contributed by atoms with Gasteiger partial charge in [-0.25, -0.2) is 0 Å². The normalized spacial score (nSPS) is 12.8. The van der Waals surface area contributed by atoms with Crippen LogP contribution in [0.1, 0.15) is 43.3 Å². The summed E-state index contributed by atoms with van der Waals surface area (Å²) in [5, 5.41) is 8.56. The van der Waals surface area contributed by atoms with Gasteiger partial charge in [0.25, 0.3) is 0 Å². The lowest BCUT2D eigenvalue weighted by molar-refractivity contribution is 0.572. The average Bonchev–Trinajstić information content (AvgIpc) is 3.01. The Labute approximate surface area is 125 Å². The van der Waals surface area contributed by atoms with Gasteiger partial charge in [-0.1, -0.05) is 18.5 Å². The molecule has 110 valence electrons. The molecule has 0 aliphatic rings. The molecule has 5 heteroatoms. The van der Waals surface area contributed by atoms with Crippen LogP contribution in [0.15, 0.2) is 18.5 Å². The van der Waals surface area contributed by atoms with Crippen LogP contribution in [0.5, 0.6) is 0 Å². The van der Waals surface area contributed by atoms with Crippen LogP contribution < -0.4 is 5.32 Å². The van der Waals surface area contributed by atoms with Gasteiger partial charge in [0.05, 0.1) is 23.0 Å². The van der Waals surface area contributed by atoms with Crippen molar-refractivity contribution < 1.29 is 0 Å². The SMILES string of the molecule is CCC(NC)c1ccn(Cc2c(Cl)c(C)nn2CC)c1. The fourth-order valence-electron chi connectivity index (χ4n) is 2.56. The Balaban J connectivity index is 2.23. The molecule has 2 rings (SSSR count). The first-order valence-electron chi connectivity index (χ1n) is 7.15. The second-order valence-electron chi connectivity index (χ2n) is 5.03. The van der Waals surface area contributed by atoms with Gasteiger partial charge in [0.2, 0.25) is 0 Å². The summed E-state index contributed by atoms with van der Waals surface area (Å²) in [7, 11) is 2.00. The molecule has 2 aromatic rings. The molecule has 0 spiro atoms. The molecule has 0 amide bonds. The molecule has 1 unspecified atom stereocenters. The molecule has 0 radical (unpaired) electrons. The van der Waals surface area contributed by atoms with Gasteiger partial charge >= 0.3 is 0 Å². The van der Waals surface area contributed by atoms with Crippen LogP contribution in [-0.2, 0) is 13.1 Å². The molecule has 0 aromatic carbocycles. The van der Waals surface area contributed by atoms with Crippen molar-refractivity contribution in [2.45, 2.75) is 46.3 Å². The zero-order valence-corrected chi connectivity index (χ0v) is 13.4. The van der Waals surface area contributed by atoms with Crippen molar-refractivity contribution >= 4 is 11.6 Å². The number of aryl methyl sites for hydroxylation is 2. The van der Waals surface area contributed by atoms with E-state index in [1.807, 2.05) is 18.7 Å². The molecule has 20 heavy (non-hydrogen) atoms. The van der Waals surface area contributed by atoms with Crippen molar-refractivity contribution in [3.8, 4) is 0 Å². The second kappa shape index (κ2) is 6.46. The van der Waals surface area contributed by atoms with Crippen molar-refractivity contribution in [1.29, 1.82) is 0 Å². The maximum atomic E-state index is 6.36. The summed E-state index contributed by atoms with van der Waals surface area (Å²) in [6, 6.07) is 2.57. The summed E-state index contributed by atoms with van der Waals surface area (Å²) in [4.78, 5) is 0. The summed E-state index contributed by atoms with van der Waals surface area (Å²) in [6.07, 6.45) is 5.37. The highest BCUT2D eigenvalue weighted by atomic mass is 35.5.